The van der Waals surface area contributed by atoms with Gasteiger partial charge in [-0.2, -0.15) is 4.73 Å². The Morgan fingerprint density at radius 1 is 1.26 bits per heavy atom. The van der Waals surface area contributed by atoms with Gasteiger partial charge < -0.3 is 19.8 Å². The minimum Gasteiger partial charge on any atom is -0.502 e. The van der Waals surface area contributed by atoms with Gasteiger partial charge in [-0.05, 0) is 25.1 Å². The van der Waals surface area contributed by atoms with E-state index in [0.29, 0.717) is 9.16 Å². The first kappa shape index (κ1) is 14.6. The molecule has 3 aromatic rings. The number of carbonyl (C=O) groups excluding carboxylic acids is 1. The lowest BCUT2D eigenvalue weighted by Gasteiger charge is -2.08. The zero-order chi connectivity index (χ0) is 16.6. The Balaban J connectivity index is 2.36. The lowest BCUT2D eigenvalue weighted by atomic mass is 10.2. The van der Waals surface area contributed by atoms with Crippen molar-refractivity contribution in [1.82, 2.24) is 4.73 Å². The van der Waals surface area contributed by atoms with Crippen molar-refractivity contribution in [1.29, 1.82) is 0 Å². The number of aromatic hydroxyl groups is 1. The molecule has 0 bridgehead atoms. The number of phenolic OH excluding ortho intramolecular Hbond substituents is 1. The van der Waals surface area contributed by atoms with Crippen LogP contribution in [0, 0.1) is 4.91 Å². The van der Waals surface area contributed by atoms with Crippen LogP contribution in [0.3, 0.4) is 0 Å². The number of benzene rings is 2. The summed E-state index contributed by atoms with van der Waals surface area (Å²) in [6.07, 6.45) is -0.951. The zero-order valence-electron chi connectivity index (χ0n) is 12.1. The first-order valence-corrected chi connectivity index (χ1v) is 6.80. The molecule has 3 rings (SSSR count). The van der Waals surface area contributed by atoms with Gasteiger partial charge in [0.15, 0.2) is 22.5 Å². The Morgan fingerprint density at radius 3 is 2.74 bits per heavy atom. The first-order valence-electron chi connectivity index (χ1n) is 6.80. The minimum absolute atomic E-state index is 0.0169. The van der Waals surface area contributed by atoms with Crippen molar-refractivity contribution < 1.29 is 29.0 Å². The molecule has 2 N–H and O–H groups in total. The van der Waals surface area contributed by atoms with E-state index in [2.05, 4.69) is 0 Å². The molecule has 0 unspecified atom stereocenters. The van der Waals surface area contributed by atoms with E-state index in [1.54, 1.807) is 6.92 Å². The number of phenols is 1. The average Bonchev–Trinajstić information content (AvgIpc) is 2.52. The molecule has 0 spiro atoms. The third-order valence-corrected chi connectivity index (χ3v) is 3.29. The van der Waals surface area contributed by atoms with Crippen molar-refractivity contribution in [3.8, 4) is 11.5 Å². The lowest BCUT2D eigenvalue weighted by Crippen LogP contribution is -2.21. The Morgan fingerprint density at radius 2 is 2.00 bits per heavy atom. The van der Waals surface area contributed by atoms with Gasteiger partial charge in [0.25, 0.3) is 5.52 Å². The monoisotopic (exact) mass is 317 g/mol. The summed E-state index contributed by atoms with van der Waals surface area (Å²) in [5, 5.41) is 20.3. The van der Waals surface area contributed by atoms with Crippen molar-refractivity contribution in [2.24, 2.45) is 0 Å². The quantitative estimate of drug-likeness (QED) is 0.247. The van der Waals surface area contributed by atoms with E-state index in [0.717, 1.165) is 0 Å². The highest BCUT2D eigenvalue weighted by molar-refractivity contribution is 5.89. The number of para-hydroxylation sites is 2. The molecule has 0 saturated carbocycles. The van der Waals surface area contributed by atoms with Crippen LogP contribution in [0.5, 0.6) is 11.5 Å². The van der Waals surface area contributed by atoms with E-state index >= 15 is 0 Å². The molecule has 1 aromatic heterocycles. The molecule has 0 atom stereocenters. The molecule has 0 aliphatic heterocycles. The third kappa shape index (κ3) is 2.30. The number of carbonyl (C=O) groups is 1. The lowest BCUT2D eigenvalue weighted by molar-refractivity contribution is -0.433. The number of hydrogen-bond donors (Lipinski definition) is 2. The fraction of sp³-hybridized carbons (Fsp3) is 0.133. The summed E-state index contributed by atoms with van der Waals surface area (Å²) in [5.41, 5.74) is -0.0415. The maximum atomic E-state index is 12.5. The van der Waals surface area contributed by atoms with E-state index in [1.165, 1.54) is 36.4 Å². The van der Waals surface area contributed by atoms with Gasteiger partial charge in [-0.25, -0.2) is 4.79 Å². The van der Waals surface area contributed by atoms with Gasteiger partial charge in [-0.3, -0.25) is 0 Å². The van der Waals surface area contributed by atoms with Crippen molar-refractivity contribution in [3.05, 3.63) is 41.3 Å². The number of hydrogen-bond acceptors (Lipinski definition) is 6. The molecule has 0 amide bonds. The van der Waals surface area contributed by atoms with Crippen LogP contribution in [-0.4, -0.2) is 27.8 Å². The van der Waals surface area contributed by atoms with Crippen LogP contribution in [0.2, 0.25) is 0 Å². The predicted molar refractivity (Wildman–Crippen MR) is 79.3 cm³/mol. The molecule has 0 aliphatic carbocycles. The summed E-state index contributed by atoms with van der Waals surface area (Å²) in [7, 11) is 0. The third-order valence-electron chi connectivity index (χ3n) is 3.29. The van der Waals surface area contributed by atoms with Crippen LogP contribution < -0.4 is 9.16 Å². The summed E-state index contributed by atoms with van der Waals surface area (Å²) in [6, 6.07) is 8.59. The fourth-order valence-corrected chi connectivity index (χ4v) is 2.35. The van der Waals surface area contributed by atoms with Gasteiger partial charge in [0.1, 0.15) is 0 Å². The second-order valence-corrected chi connectivity index (χ2v) is 4.66. The molecular weight excluding hydrogens is 304 g/mol. The molecule has 0 aliphatic rings. The predicted octanol–water partition coefficient (Wildman–Crippen LogP) is 2.19. The van der Waals surface area contributed by atoms with Crippen LogP contribution in [0.15, 0.2) is 36.4 Å². The maximum absolute atomic E-state index is 12.5. The van der Waals surface area contributed by atoms with Gasteiger partial charge >= 0.3 is 11.7 Å². The van der Waals surface area contributed by atoms with E-state index < -0.39 is 6.16 Å². The summed E-state index contributed by atoms with van der Waals surface area (Å²) < 4.78 is 10.9. The smallest absolute Gasteiger partial charge is 0.502 e. The van der Waals surface area contributed by atoms with Crippen LogP contribution in [0.25, 0.3) is 22.1 Å². The highest BCUT2D eigenvalue weighted by Gasteiger charge is 2.25. The van der Waals surface area contributed by atoms with Crippen LogP contribution in [-0.2, 0) is 4.74 Å². The number of nitrogens with zero attached hydrogens (tertiary/aromatic N) is 2. The zero-order valence-corrected chi connectivity index (χ0v) is 12.1. The van der Waals surface area contributed by atoms with Crippen molar-refractivity contribution in [3.63, 3.8) is 0 Å². The standard InChI is InChI=1S/C15H12N2O6/c1-2-22-15(19)23-12-8-4-6-10-14(12)17(21)9-5-3-7-11(18)13(9)16(10)20/h3-8,21H,2H2,1H3/p+1. The first-order chi connectivity index (χ1) is 11.0. The van der Waals surface area contributed by atoms with E-state index in [1.807, 2.05) is 0 Å². The second kappa shape index (κ2) is 5.48. The topological polar surface area (TPSA) is 104 Å². The van der Waals surface area contributed by atoms with Crippen LogP contribution in [0.4, 0.5) is 4.79 Å². The van der Waals surface area contributed by atoms with E-state index in [9.17, 15) is 20.0 Å². The van der Waals surface area contributed by atoms with Crippen molar-refractivity contribution >= 4 is 28.2 Å². The van der Waals surface area contributed by atoms with Gasteiger partial charge in [0.05, 0.1) is 11.0 Å². The highest BCUT2D eigenvalue weighted by atomic mass is 16.7. The second-order valence-electron chi connectivity index (χ2n) is 4.66. The molecule has 8 heteroatoms. The van der Waals surface area contributed by atoms with Crippen LogP contribution >= 0.6 is 0 Å². The van der Waals surface area contributed by atoms with Gasteiger partial charge in [0.2, 0.25) is 0 Å². The highest BCUT2D eigenvalue weighted by Crippen LogP contribution is 2.28. The van der Waals surface area contributed by atoms with Crippen molar-refractivity contribution in [2.75, 3.05) is 6.61 Å². The van der Waals surface area contributed by atoms with E-state index in [4.69, 9.17) is 9.47 Å². The SMILES string of the molecule is CCOC(=O)Oc1cccc2c1n(O)c1cccc(O)c1[n+]2=O. The average molecular weight is 317 g/mol. The molecule has 23 heavy (non-hydrogen) atoms. The molecule has 8 nitrogen and oxygen atoms in total. The minimum atomic E-state index is -0.951. The Labute approximate surface area is 129 Å². The Kier molecular flexibility index (Phi) is 3.49. The fourth-order valence-electron chi connectivity index (χ4n) is 2.35. The number of ether oxygens (including phenoxy) is 2. The van der Waals surface area contributed by atoms with Gasteiger partial charge in [-0.1, -0.05) is 12.1 Å². The molecule has 118 valence electrons. The molecule has 0 radical (unpaired) electrons. The van der Waals surface area contributed by atoms with E-state index in [-0.39, 0.29) is 40.2 Å². The number of fused-ring (bicyclic) bond motifs is 2. The summed E-state index contributed by atoms with van der Waals surface area (Å²) in [4.78, 5) is 24.0. The summed E-state index contributed by atoms with van der Waals surface area (Å²) in [5.74, 6) is -0.322. The summed E-state index contributed by atoms with van der Waals surface area (Å²) >= 11 is 0. The number of aromatic nitrogens is 2. The molecule has 2 aromatic carbocycles. The van der Waals surface area contributed by atoms with Gasteiger partial charge in [0, 0.05) is 11.0 Å². The molecule has 0 fully saturated rings. The van der Waals surface area contributed by atoms with Crippen LogP contribution in [0.1, 0.15) is 6.92 Å². The Hall–Kier alpha value is -3.29. The van der Waals surface area contributed by atoms with Crippen molar-refractivity contribution in [2.45, 2.75) is 6.92 Å². The summed E-state index contributed by atoms with van der Waals surface area (Å²) in [6.45, 7) is 1.75. The maximum Gasteiger partial charge on any atom is 0.513 e. The largest absolute Gasteiger partial charge is 0.513 e. The Bertz CT molecular complexity index is 979. The van der Waals surface area contributed by atoms with Gasteiger partial charge in [-0.15, -0.1) is 0 Å². The molecule has 0 saturated heterocycles. The number of rotatable bonds is 2. The molecular formula is C15H13N2O6+. The molecule has 1 heterocycles. The normalized spacial score (nSPS) is 10.8.